The Morgan fingerprint density at radius 2 is 1.87 bits per heavy atom. The molecule has 0 fully saturated rings. The summed E-state index contributed by atoms with van der Waals surface area (Å²) in [5.74, 6) is 0.614. The first-order valence-electron chi connectivity index (χ1n) is 9.63. The summed E-state index contributed by atoms with van der Waals surface area (Å²) in [6, 6.07) is 17.7. The molecule has 4 aromatic rings. The molecule has 0 spiro atoms. The van der Waals surface area contributed by atoms with Crippen LogP contribution in [-0.4, -0.2) is 37.0 Å². The summed E-state index contributed by atoms with van der Waals surface area (Å²) in [6.45, 7) is 2.48. The number of aryl methyl sites for hydroxylation is 1. The van der Waals surface area contributed by atoms with Gasteiger partial charge in [-0.1, -0.05) is 48.0 Å². The zero-order chi connectivity index (χ0) is 21.1. The van der Waals surface area contributed by atoms with Crippen molar-refractivity contribution < 1.29 is 4.79 Å². The maximum Gasteiger partial charge on any atom is 0.255 e. The summed E-state index contributed by atoms with van der Waals surface area (Å²) in [5.41, 5.74) is 4.13. The van der Waals surface area contributed by atoms with Crippen molar-refractivity contribution in [1.82, 2.24) is 29.9 Å². The van der Waals surface area contributed by atoms with Crippen LogP contribution in [0, 0.1) is 11.7 Å². The van der Waals surface area contributed by atoms with Crippen molar-refractivity contribution in [3.63, 3.8) is 0 Å². The number of carbonyl (C=O) groups is 1. The molecular weight excluding hydrogens is 396 g/mol. The quantitative estimate of drug-likeness (QED) is 0.469. The fourth-order valence-corrected chi connectivity index (χ4v) is 3.32. The fourth-order valence-electron chi connectivity index (χ4n) is 3.17. The lowest BCUT2D eigenvalue weighted by Crippen LogP contribution is -2.26. The molecule has 2 heterocycles. The first-order chi connectivity index (χ1) is 14.5. The second-order valence-corrected chi connectivity index (χ2v) is 7.43. The molecule has 0 saturated carbocycles. The second-order valence-electron chi connectivity index (χ2n) is 7.05. The monoisotopic (exact) mass is 418 g/mol. The van der Waals surface area contributed by atoms with Gasteiger partial charge >= 0.3 is 0 Å². The molecule has 0 aliphatic rings. The molecule has 30 heavy (non-hydrogen) atoms. The normalized spacial score (nSPS) is 10.9. The minimum absolute atomic E-state index is 0.177. The Balaban J connectivity index is 1.60. The molecule has 0 saturated heterocycles. The highest BCUT2D eigenvalue weighted by Crippen LogP contribution is 2.23. The van der Waals surface area contributed by atoms with Crippen molar-refractivity contribution in [2.75, 3.05) is 6.54 Å². The van der Waals surface area contributed by atoms with E-state index in [0.29, 0.717) is 29.0 Å². The van der Waals surface area contributed by atoms with Crippen LogP contribution >= 0.6 is 12.2 Å². The molecule has 0 unspecified atom stereocenters. The van der Waals surface area contributed by atoms with E-state index in [9.17, 15) is 4.79 Å². The third kappa shape index (κ3) is 4.08. The van der Waals surface area contributed by atoms with Crippen LogP contribution in [0.2, 0.25) is 0 Å². The minimum Gasteiger partial charge on any atom is -0.351 e. The number of benzene rings is 2. The molecule has 4 rings (SSSR count). The predicted molar refractivity (Wildman–Crippen MR) is 118 cm³/mol. The lowest BCUT2D eigenvalue weighted by atomic mass is 10.1. The van der Waals surface area contributed by atoms with Gasteiger partial charge in [0.05, 0.1) is 11.3 Å². The zero-order valence-corrected chi connectivity index (χ0v) is 17.6. The molecule has 152 valence electrons. The molecule has 0 aliphatic carbocycles. The van der Waals surface area contributed by atoms with Crippen molar-refractivity contribution in [3.05, 3.63) is 82.5 Å². The van der Waals surface area contributed by atoms with Crippen LogP contribution in [0.3, 0.4) is 0 Å². The van der Waals surface area contributed by atoms with E-state index < -0.39 is 0 Å². The van der Waals surface area contributed by atoms with Gasteiger partial charge in [-0.2, -0.15) is 10.2 Å². The second kappa shape index (κ2) is 8.46. The molecule has 0 aliphatic heterocycles. The van der Waals surface area contributed by atoms with E-state index in [0.717, 1.165) is 17.1 Å². The average Bonchev–Trinajstić information content (AvgIpc) is 3.34. The Kier molecular flexibility index (Phi) is 5.58. The van der Waals surface area contributed by atoms with Crippen LogP contribution in [-0.2, 0) is 13.5 Å². The maximum absolute atomic E-state index is 13.0. The van der Waals surface area contributed by atoms with E-state index in [1.54, 1.807) is 15.4 Å². The number of amides is 1. The fraction of sp³-hybridized carbons (Fsp3) is 0.182. The van der Waals surface area contributed by atoms with Gasteiger partial charge in [0, 0.05) is 31.8 Å². The number of carbonyl (C=O) groups excluding carboxylic acids is 1. The van der Waals surface area contributed by atoms with E-state index in [1.807, 2.05) is 68.6 Å². The number of hydrogen-bond acceptors (Lipinski definition) is 4. The minimum atomic E-state index is -0.177. The average molecular weight is 419 g/mol. The number of hydrogen-bond donors (Lipinski definition) is 2. The Hall–Kier alpha value is -3.52. The SMILES string of the molecule is Cc1ccc(-n2cc(C(=O)NCCc3n[nH]c(=S)n3C)c(-c3ccccc3)n2)cc1. The van der Waals surface area contributed by atoms with Crippen LogP contribution in [0.4, 0.5) is 0 Å². The van der Waals surface area contributed by atoms with Gasteiger partial charge in [0.1, 0.15) is 11.5 Å². The Morgan fingerprint density at radius 3 is 2.53 bits per heavy atom. The topological polar surface area (TPSA) is 80.5 Å². The van der Waals surface area contributed by atoms with Crippen LogP contribution in [0.15, 0.2) is 60.8 Å². The zero-order valence-electron chi connectivity index (χ0n) is 16.8. The number of nitrogens with zero attached hydrogens (tertiary/aromatic N) is 4. The molecule has 7 nitrogen and oxygen atoms in total. The van der Waals surface area contributed by atoms with E-state index in [1.165, 1.54) is 5.56 Å². The number of H-pyrrole nitrogens is 1. The summed E-state index contributed by atoms with van der Waals surface area (Å²) in [5, 5.41) is 14.6. The van der Waals surface area contributed by atoms with E-state index in [-0.39, 0.29) is 5.91 Å². The van der Waals surface area contributed by atoms with E-state index in [2.05, 4.69) is 15.5 Å². The summed E-state index contributed by atoms with van der Waals surface area (Å²) in [7, 11) is 1.85. The van der Waals surface area contributed by atoms with Crippen molar-refractivity contribution in [1.29, 1.82) is 0 Å². The van der Waals surface area contributed by atoms with Crippen molar-refractivity contribution in [2.24, 2.45) is 7.05 Å². The molecule has 8 heteroatoms. The van der Waals surface area contributed by atoms with Gasteiger partial charge in [0.25, 0.3) is 5.91 Å². The first kappa shape index (κ1) is 19.8. The largest absolute Gasteiger partial charge is 0.351 e. The van der Waals surface area contributed by atoms with E-state index in [4.69, 9.17) is 17.3 Å². The number of aromatic amines is 1. The predicted octanol–water partition coefficient (Wildman–Crippen LogP) is 3.61. The summed E-state index contributed by atoms with van der Waals surface area (Å²) >= 11 is 5.13. The molecule has 0 atom stereocenters. The van der Waals surface area contributed by atoms with Gasteiger partial charge in [-0.3, -0.25) is 9.89 Å². The van der Waals surface area contributed by atoms with Crippen LogP contribution in [0.1, 0.15) is 21.7 Å². The summed E-state index contributed by atoms with van der Waals surface area (Å²) in [6.07, 6.45) is 2.35. The standard InChI is InChI=1S/C22H22N6OS/c1-15-8-10-17(11-9-15)28-14-18(20(26-28)16-6-4-3-5-7-16)21(29)23-13-12-19-24-25-22(30)27(19)2/h3-11,14H,12-13H2,1-2H3,(H,23,29)(H,25,30). The Labute approximate surface area is 179 Å². The van der Waals surface area contributed by atoms with Gasteiger partial charge in [-0.25, -0.2) is 4.68 Å². The van der Waals surface area contributed by atoms with Crippen LogP contribution < -0.4 is 5.32 Å². The summed E-state index contributed by atoms with van der Waals surface area (Å²) < 4.78 is 4.10. The van der Waals surface area contributed by atoms with Gasteiger partial charge in [-0.05, 0) is 31.3 Å². The van der Waals surface area contributed by atoms with Crippen LogP contribution in [0.5, 0.6) is 0 Å². The molecular formula is C22H22N6OS. The lowest BCUT2D eigenvalue weighted by Gasteiger charge is -2.05. The number of aromatic nitrogens is 5. The van der Waals surface area contributed by atoms with Crippen LogP contribution in [0.25, 0.3) is 16.9 Å². The van der Waals surface area contributed by atoms with Crippen molar-refractivity contribution >= 4 is 18.1 Å². The molecule has 2 aromatic heterocycles. The molecule has 0 radical (unpaired) electrons. The van der Waals surface area contributed by atoms with Gasteiger partial charge in [0.2, 0.25) is 0 Å². The Bertz CT molecular complexity index is 1220. The smallest absolute Gasteiger partial charge is 0.255 e. The third-order valence-corrected chi connectivity index (χ3v) is 5.28. The number of nitrogens with one attached hydrogen (secondary N) is 2. The van der Waals surface area contributed by atoms with E-state index >= 15 is 0 Å². The highest BCUT2D eigenvalue weighted by atomic mass is 32.1. The molecule has 1 amide bonds. The maximum atomic E-state index is 13.0. The van der Waals surface area contributed by atoms with Gasteiger partial charge in [-0.15, -0.1) is 0 Å². The van der Waals surface area contributed by atoms with Crippen molar-refractivity contribution in [3.8, 4) is 16.9 Å². The Morgan fingerprint density at radius 1 is 1.13 bits per heavy atom. The van der Waals surface area contributed by atoms with Gasteiger partial charge < -0.3 is 9.88 Å². The highest BCUT2D eigenvalue weighted by Gasteiger charge is 2.18. The van der Waals surface area contributed by atoms with Crippen molar-refractivity contribution in [2.45, 2.75) is 13.3 Å². The molecule has 2 aromatic carbocycles. The number of rotatable bonds is 6. The molecule has 2 N–H and O–H groups in total. The highest BCUT2D eigenvalue weighted by molar-refractivity contribution is 7.71. The van der Waals surface area contributed by atoms with Gasteiger partial charge in [0.15, 0.2) is 4.77 Å². The first-order valence-corrected chi connectivity index (χ1v) is 10.0. The lowest BCUT2D eigenvalue weighted by molar-refractivity contribution is 0.0954. The molecule has 0 bridgehead atoms. The summed E-state index contributed by atoms with van der Waals surface area (Å²) in [4.78, 5) is 13.0. The third-order valence-electron chi connectivity index (χ3n) is 4.91.